The number of amides is 3. The Hall–Kier alpha value is -2.81. The van der Waals surface area contributed by atoms with Gasteiger partial charge in [0.1, 0.15) is 12.6 Å². The van der Waals surface area contributed by atoms with E-state index in [2.05, 4.69) is 10.6 Å². The molecule has 2 aromatic carbocycles. The maximum Gasteiger partial charge on any atom is 0.407 e. The van der Waals surface area contributed by atoms with E-state index in [1.807, 2.05) is 18.2 Å². The minimum absolute atomic E-state index is 0.000261. The molecule has 0 aliphatic rings. The monoisotopic (exact) mass is 467 g/mol. The molecule has 0 unspecified atom stereocenters. The predicted molar refractivity (Wildman–Crippen MR) is 117 cm³/mol. The van der Waals surface area contributed by atoms with Gasteiger partial charge in [0.05, 0.1) is 12.5 Å². The van der Waals surface area contributed by atoms with Crippen molar-refractivity contribution in [3.63, 3.8) is 0 Å². The number of nitrogens with one attached hydrogen (secondary N) is 2. The number of hydrogen-bond donors (Lipinski definition) is 4. The van der Waals surface area contributed by atoms with Crippen LogP contribution in [0.3, 0.4) is 0 Å². The van der Waals surface area contributed by atoms with Crippen molar-refractivity contribution in [3.05, 3.63) is 69.7 Å². The smallest absolute Gasteiger partial charge is 0.407 e. The van der Waals surface area contributed by atoms with Crippen LogP contribution in [0.2, 0.25) is 10.0 Å². The first-order valence-corrected chi connectivity index (χ1v) is 10.2. The number of hydrogen-bond acceptors (Lipinski definition) is 5. The van der Waals surface area contributed by atoms with Gasteiger partial charge in [-0.2, -0.15) is 0 Å². The summed E-state index contributed by atoms with van der Waals surface area (Å²) in [5.74, 6) is -1.40. The van der Waals surface area contributed by atoms with Gasteiger partial charge in [-0.1, -0.05) is 59.6 Å². The highest BCUT2D eigenvalue weighted by atomic mass is 35.5. The fourth-order valence-electron chi connectivity index (χ4n) is 2.67. The van der Waals surface area contributed by atoms with E-state index < -0.39 is 30.1 Å². The molecule has 0 radical (unpaired) electrons. The Balaban J connectivity index is 1.78. The molecule has 2 aromatic rings. The van der Waals surface area contributed by atoms with Crippen molar-refractivity contribution in [3.8, 4) is 0 Å². The summed E-state index contributed by atoms with van der Waals surface area (Å²) in [7, 11) is 0. The number of benzene rings is 2. The van der Waals surface area contributed by atoms with E-state index in [9.17, 15) is 19.5 Å². The fraction of sp³-hybridized carbons (Fsp3) is 0.286. The van der Waals surface area contributed by atoms with Crippen LogP contribution in [0, 0.1) is 0 Å². The van der Waals surface area contributed by atoms with Gasteiger partial charge in [0.15, 0.2) is 0 Å². The topological polar surface area (TPSA) is 131 Å². The second-order valence-electron chi connectivity index (χ2n) is 6.73. The molecule has 0 spiro atoms. The van der Waals surface area contributed by atoms with Gasteiger partial charge >= 0.3 is 6.09 Å². The average molecular weight is 468 g/mol. The van der Waals surface area contributed by atoms with E-state index in [0.717, 1.165) is 5.56 Å². The van der Waals surface area contributed by atoms with Gasteiger partial charge in [0.25, 0.3) is 0 Å². The molecule has 0 saturated carbocycles. The Labute approximate surface area is 189 Å². The minimum atomic E-state index is -1.19. The number of carbonyl (C=O) groups excluding carboxylic acids is 3. The van der Waals surface area contributed by atoms with Crippen LogP contribution >= 0.6 is 23.2 Å². The molecule has 2 rings (SSSR count). The summed E-state index contributed by atoms with van der Waals surface area (Å²) in [6.07, 6.45) is -2.29. The third-order valence-corrected chi connectivity index (χ3v) is 4.97. The molecular formula is C21H23Cl2N3O5. The molecular weight excluding hydrogens is 445 g/mol. The van der Waals surface area contributed by atoms with Gasteiger partial charge in [-0.05, 0) is 23.3 Å². The summed E-state index contributed by atoms with van der Waals surface area (Å²) >= 11 is 12.2. The van der Waals surface area contributed by atoms with Crippen LogP contribution in [-0.2, 0) is 27.4 Å². The number of alkyl carbamates (subject to hydrolysis) is 1. The number of aliphatic hydroxyl groups excluding tert-OH is 1. The number of aliphatic hydroxyl groups is 1. The van der Waals surface area contributed by atoms with E-state index in [1.165, 1.54) is 0 Å². The first-order chi connectivity index (χ1) is 14.8. The SMILES string of the molecule is NC(=O)[C@@H](Cc1c(Cl)cccc1Cl)NC(=O)C[C@H](O)CNC(=O)OCc1ccccc1. The highest BCUT2D eigenvalue weighted by Gasteiger charge is 2.22. The first kappa shape index (κ1) is 24.5. The fourth-order valence-corrected chi connectivity index (χ4v) is 3.22. The maximum absolute atomic E-state index is 12.2. The number of primary amides is 1. The number of rotatable bonds is 10. The zero-order chi connectivity index (χ0) is 22.8. The van der Waals surface area contributed by atoms with Gasteiger partial charge in [-0.15, -0.1) is 0 Å². The summed E-state index contributed by atoms with van der Waals surface area (Å²) in [5.41, 5.74) is 6.65. The van der Waals surface area contributed by atoms with Crippen LogP contribution in [0.5, 0.6) is 0 Å². The quantitative estimate of drug-likeness (QED) is 0.425. The van der Waals surface area contributed by atoms with Crippen molar-refractivity contribution in [2.75, 3.05) is 6.54 Å². The van der Waals surface area contributed by atoms with Crippen LogP contribution in [-0.4, -0.2) is 41.7 Å². The maximum atomic E-state index is 12.2. The molecule has 0 saturated heterocycles. The first-order valence-electron chi connectivity index (χ1n) is 9.40. The number of halogens is 2. The van der Waals surface area contributed by atoms with Crippen molar-refractivity contribution in [1.82, 2.24) is 10.6 Å². The van der Waals surface area contributed by atoms with Gasteiger partial charge in [-0.25, -0.2) is 4.79 Å². The number of nitrogens with two attached hydrogens (primary N) is 1. The molecule has 10 heteroatoms. The molecule has 0 bridgehead atoms. The molecule has 0 aliphatic heterocycles. The van der Waals surface area contributed by atoms with Crippen molar-refractivity contribution in [2.24, 2.45) is 5.73 Å². The molecule has 0 aliphatic carbocycles. The van der Waals surface area contributed by atoms with Gasteiger partial charge < -0.3 is 26.2 Å². The molecule has 0 fully saturated rings. The predicted octanol–water partition coefficient (Wildman–Crippen LogP) is 2.18. The molecule has 0 aromatic heterocycles. The minimum Gasteiger partial charge on any atom is -0.445 e. The summed E-state index contributed by atoms with van der Waals surface area (Å²) in [6, 6.07) is 12.9. The van der Waals surface area contributed by atoms with Crippen molar-refractivity contribution in [1.29, 1.82) is 0 Å². The van der Waals surface area contributed by atoms with Crippen molar-refractivity contribution < 1.29 is 24.2 Å². The van der Waals surface area contributed by atoms with Crippen LogP contribution in [0.1, 0.15) is 17.5 Å². The largest absolute Gasteiger partial charge is 0.445 e. The lowest BCUT2D eigenvalue weighted by molar-refractivity contribution is -0.128. The number of ether oxygens (including phenoxy) is 1. The molecule has 8 nitrogen and oxygen atoms in total. The second-order valence-corrected chi connectivity index (χ2v) is 7.54. The highest BCUT2D eigenvalue weighted by Crippen LogP contribution is 2.25. The molecule has 2 atom stereocenters. The van der Waals surface area contributed by atoms with Crippen LogP contribution < -0.4 is 16.4 Å². The Morgan fingerprint density at radius 1 is 1.03 bits per heavy atom. The van der Waals surface area contributed by atoms with E-state index in [0.29, 0.717) is 15.6 Å². The van der Waals surface area contributed by atoms with E-state index in [1.54, 1.807) is 30.3 Å². The summed E-state index contributed by atoms with van der Waals surface area (Å²) in [4.78, 5) is 35.6. The van der Waals surface area contributed by atoms with Crippen LogP contribution in [0.25, 0.3) is 0 Å². The molecule has 31 heavy (non-hydrogen) atoms. The third-order valence-electron chi connectivity index (χ3n) is 4.26. The Morgan fingerprint density at radius 3 is 2.29 bits per heavy atom. The third kappa shape index (κ3) is 8.45. The van der Waals surface area contributed by atoms with Gasteiger partial charge in [0.2, 0.25) is 11.8 Å². The van der Waals surface area contributed by atoms with Gasteiger partial charge in [-0.3, -0.25) is 9.59 Å². The van der Waals surface area contributed by atoms with Gasteiger partial charge in [0, 0.05) is 23.0 Å². The van der Waals surface area contributed by atoms with Crippen molar-refractivity contribution >= 4 is 41.1 Å². The lowest BCUT2D eigenvalue weighted by atomic mass is 10.0. The highest BCUT2D eigenvalue weighted by molar-refractivity contribution is 6.36. The lowest BCUT2D eigenvalue weighted by Gasteiger charge is -2.18. The standard InChI is InChI=1S/C21H23Cl2N3O5/c22-16-7-4-8-17(23)15(16)10-18(20(24)29)26-19(28)9-14(27)11-25-21(30)31-12-13-5-2-1-3-6-13/h1-8,14,18,27H,9-12H2,(H2,24,29)(H,25,30)(H,26,28)/t14-,18+/m0/s1. The summed E-state index contributed by atoms with van der Waals surface area (Å²) in [6.45, 7) is -0.132. The summed E-state index contributed by atoms with van der Waals surface area (Å²) < 4.78 is 5.02. The Bertz CT molecular complexity index is 891. The summed E-state index contributed by atoms with van der Waals surface area (Å²) in [5, 5.41) is 15.5. The number of carbonyl (C=O) groups is 3. The lowest BCUT2D eigenvalue weighted by Crippen LogP contribution is -2.47. The van der Waals surface area contributed by atoms with Crippen molar-refractivity contribution in [2.45, 2.75) is 31.6 Å². The van der Waals surface area contributed by atoms with E-state index in [4.69, 9.17) is 33.7 Å². The Kier molecular flexibility index (Phi) is 9.58. The molecule has 5 N–H and O–H groups in total. The average Bonchev–Trinajstić information content (AvgIpc) is 2.73. The normalized spacial score (nSPS) is 12.5. The molecule has 166 valence electrons. The van der Waals surface area contributed by atoms with E-state index in [-0.39, 0.29) is 26.0 Å². The second kappa shape index (κ2) is 12.1. The van der Waals surface area contributed by atoms with Crippen LogP contribution in [0.15, 0.2) is 48.5 Å². The molecule has 3 amide bonds. The zero-order valence-corrected chi connectivity index (χ0v) is 18.0. The van der Waals surface area contributed by atoms with E-state index >= 15 is 0 Å². The Morgan fingerprint density at radius 2 is 1.68 bits per heavy atom. The van der Waals surface area contributed by atoms with Crippen LogP contribution in [0.4, 0.5) is 4.79 Å². The molecule has 0 heterocycles. The zero-order valence-electron chi connectivity index (χ0n) is 16.5.